The summed E-state index contributed by atoms with van der Waals surface area (Å²) >= 11 is 0. The minimum absolute atomic E-state index is 0.00340. The van der Waals surface area contributed by atoms with Gasteiger partial charge in [0, 0.05) is 43.9 Å². The van der Waals surface area contributed by atoms with Gasteiger partial charge in [0.25, 0.3) is 5.91 Å². The second-order valence-corrected chi connectivity index (χ2v) is 9.40. The molecule has 33 heavy (non-hydrogen) atoms. The van der Waals surface area contributed by atoms with Gasteiger partial charge in [-0.3, -0.25) is 19.4 Å². The van der Waals surface area contributed by atoms with Gasteiger partial charge in [-0.2, -0.15) is 0 Å². The molecular weight excluding hydrogens is 414 g/mol. The van der Waals surface area contributed by atoms with E-state index in [2.05, 4.69) is 21.8 Å². The van der Waals surface area contributed by atoms with Crippen LogP contribution in [0.2, 0.25) is 0 Å². The lowest BCUT2D eigenvalue weighted by Gasteiger charge is -2.44. The number of likely N-dealkylation sites (tertiary alicyclic amines) is 1. The fourth-order valence-corrected chi connectivity index (χ4v) is 5.46. The summed E-state index contributed by atoms with van der Waals surface area (Å²) in [6.07, 6.45) is 5.14. The molecule has 1 aromatic carbocycles. The van der Waals surface area contributed by atoms with Crippen molar-refractivity contribution in [1.29, 1.82) is 0 Å². The molecule has 4 rings (SSSR count). The zero-order valence-electron chi connectivity index (χ0n) is 19.7. The highest BCUT2D eigenvalue weighted by molar-refractivity contribution is 6.10. The van der Waals surface area contributed by atoms with Crippen LogP contribution in [-0.4, -0.2) is 45.4 Å². The van der Waals surface area contributed by atoms with Gasteiger partial charge in [0.15, 0.2) is 0 Å². The molecule has 1 aliphatic heterocycles. The Balaban J connectivity index is 1.50. The molecule has 1 aromatic heterocycles. The predicted molar refractivity (Wildman–Crippen MR) is 125 cm³/mol. The molecule has 1 saturated heterocycles. The summed E-state index contributed by atoms with van der Waals surface area (Å²) in [6.45, 7) is 8.50. The van der Waals surface area contributed by atoms with E-state index in [1.54, 1.807) is 24.9 Å². The number of nitrogens with zero attached hydrogens (tertiary/aromatic N) is 3. The Morgan fingerprint density at radius 2 is 1.58 bits per heavy atom. The molecule has 0 radical (unpaired) electrons. The van der Waals surface area contributed by atoms with E-state index >= 15 is 0 Å². The number of benzene rings is 1. The number of ketones is 2. The fraction of sp³-hybridized carbons (Fsp3) is 0.444. The SMILES string of the molecule is CC#Cc1cc(C)c(C2C(=O)CC3(CCN(C(=O)c4nccnc4C)CC3)CC2=O)c(C)c1. The van der Waals surface area contributed by atoms with Crippen LogP contribution in [0, 0.1) is 38.0 Å². The van der Waals surface area contributed by atoms with Gasteiger partial charge in [-0.1, -0.05) is 5.92 Å². The van der Waals surface area contributed by atoms with E-state index in [-0.39, 0.29) is 22.9 Å². The first-order valence-electron chi connectivity index (χ1n) is 11.4. The van der Waals surface area contributed by atoms with E-state index in [0.29, 0.717) is 50.2 Å². The number of hydrogen-bond acceptors (Lipinski definition) is 5. The minimum atomic E-state index is -0.693. The molecule has 0 unspecified atom stereocenters. The van der Waals surface area contributed by atoms with Crippen molar-refractivity contribution >= 4 is 17.5 Å². The summed E-state index contributed by atoms with van der Waals surface area (Å²) in [5.41, 5.74) is 4.24. The van der Waals surface area contributed by atoms with Crippen molar-refractivity contribution < 1.29 is 14.4 Å². The number of hydrogen-bond donors (Lipinski definition) is 0. The van der Waals surface area contributed by atoms with Crippen molar-refractivity contribution in [3.05, 3.63) is 58.2 Å². The maximum Gasteiger partial charge on any atom is 0.274 e. The molecule has 1 spiro atoms. The fourth-order valence-electron chi connectivity index (χ4n) is 5.46. The first kappa shape index (κ1) is 22.8. The molecule has 0 N–H and O–H groups in total. The van der Waals surface area contributed by atoms with Crippen LogP contribution >= 0.6 is 0 Å². The molecule has 0 atom stereocenters. The quantitative estimate of drug-likeness (QED) is 0.522. The van der Waals surface area contributed by atoms with Gasteiger partial charge in [-0.05, 0) is 74.8 Å². The van der Waals surface area contributed by atoms with Crippen LogP contribution in [0.5, 0.6) is 0 Å². The molecule has 6 heteroatoms. The first-order chi connectivity index (χ1) is 15.7. The van der Waals surface area contributed by atoms with E-state index in [4.69, 9.17) is 0 Å². The third-order valence-electron chi connectivity index (χ3n) is 7.09. The number of carbonyl (C=O) groups excluding carboxylic acids is 3. The second kappa shape index (κ2) is 8.90. The number of piperidine rings is 1. The maximum atomic E-state index is 13.3. The molecule has 1 aliphatic carbocycles. The molecular formula is C27H29N3O3. The van der Waals surface area contributed by atoms with E-state index in [9.17, 15) is 14.4 Å². The topological polar surface area (TPSA) is 80.2 Å². The van der Waals surface area contributed by atoms with Gasteiger partial charge < -0.3 is 4.90 Å². The Hall–Kier alpha value is -3.33. The zero-order valence-corrected chi connectivity index (χ0v) is 19.7. The molecule has 1 saturated carbocycles. The summed E-state index contributed by atoms with van der Waals surface area (Å²) in [7, 11) is 0. The number of carbonyl (C=O) groups is 3. The molecule has 2 heterocycles. The lowest BCUT2D eigenvalue weighted by Crippen LogP contribution is -2.48. The van der Waals surface area contributed by atoms with Crippen LogP contribution < -0.4 is 0 Å². The highest BCUT2D eigenvalue weighted by atomic mass is 16.2. The molecule has 2 aliphatic rings. The zero-order chi connectivity index (χ0) is 23.8. The summed E-state index contributed by atoms with van der Waals surface area (Å²) in [5, 5.41) is 0. The van der Waals surface area contributed by atoms with Gasteiger partial charge >= 0.3 is 0 Å². The van der Waals surface area contributed by atoms with Crippen LogP contribution in [0.4, 0.5) is 0 Å². The molecule has 2 aromatic rings. The molecule has 0 bridgehead atoms. The van der Waals surface area contributed by atoms with Crippen LogP contribution in [0.3, 0.4) is 0 Å². The predicted octanol–water partition coefficient (Wildman–Crippen LogP) is 3.71. The average Bonchev–Trinajstić information content (AvgIpc) is 2.76. The van der Waals surface area contributed by atoms with Crippen molar-refractivity contribution in [1.82, 2.24) is 14.9 Å². The van der Waals surface area contributed by atoms with Crippen molar-refractivity contribution in [3.8, 4) is 11.8 Å². The second-order valence-electron chi connectivity index (χ2n) is 9.40. The Morgan fingerprint density at radius 1 is 1.00 bits per heavy atom. The number of aryl methyl sites for hydroxylation is 3. The first-order valence-corrected chi connectivity index (χ1v) is 11.4. The number of rotatable bonds is 2. The van der Waals surface area contributed by atoms with Gasteiger partial charge in [0.1, 0.15) is 23.2 Å². The van der Waals surface area contributed by atoms with Crippen molar-refractivity contribution in [2.24, 2.45) is 5.41 Å². The standard InChI is InChI=1S/C27H29N3O3/c1-5-6-20-13-17(2)23(18(3)14-20)24-21(31)15-27(16-22(24)32)7-11-30(12-8-27)26(33)25-19(4)28-9-10-29-25/h9-10,13-14,24H,7-8,11-12,15-16H2,1-4H3. The van der Waals surface area contributed by atoms with Crippen LogP contribution in [-0.2, 0) is 9.59 Å². The largest absolute Gasteiger partial charge is 0.337 e. The van der Waals surface area contributed by atoms with Crippen LogP contribution in [0.15, 0.2) is 24.5 Å². The molecule has 2 fully saturated rings. The molecule has 1 amide bonds. The number of Topliss-reactive ketones (excluding diaryl/α,β-unsaturated/α-hetero) is 2. The maximum absolute atomic E-state index is 13.3. The number of aromatic nitrogens is 2. The summed E-state index contributed by atoms with van der Waals surface area (Å²) in [5.74, 6) is 5.12. The lowest BCUT2D eigenvalue weighted by molar-refractivity contribution is -0.138. The lowest BCUT2D eigenvalue weighted by atomic mass is 9.62. The van der Waals surface area contributed by atoms with Gasteiger partial charge in [0.05, 0.1) is 5.69 Å². The van der Waals surface area contributed by atoms with E-state index < -0.39 is 5.92 Å². The molecule has 170 valence electrons. The smallest absolute Gasteiger partial charge is 0.274 e. The third kappa shape index (κ3) is 4.32. The highest BCUT2D eigenvalue weighted by Gasteiger charge is 2.48. The summed E-state index contributed by atoms with van der Waals surface area (Å²) in [6, 6.07) is 3.92. The monoisotopic (exact) mass is 443 g/mol. The van der Waals surface area contributed by atoms with Crippen molar-refractivity contribution in [3.63, 3.8) is 0 Å². The summed E-state index contributed by atoms with van der Waals surface area (Å²) in [4.78, 5) is 49.7. The minimum Gasteiger partial charge on any atom is -0.337 e. The third-order valence-corrected chi connectivity index (χ3v) is 7.09. The number of amides is 1. The van der Waals surface area contributed by atoms with E-state index in [0.717, 1.165) is 22.3 Å². The van der Waals surface area contributed by atoms with Crippen LogP contribution in [0.25, 0.3) is 0 Å². The Kier molecular flexibility index (Phi) is 6.16. The van der Waals surface area contributed by atoms with Gasteiger partial charge in [0.2, 0.25) is 0 Å². The average molecular weight is 444 g/mol. The highest BCUT2D eigenvalue weighted by Crippen LogP contribution is 2.46. The molecule has 6 nitrogen and oxygen atoms in total. The van der Waals surface area contributed by atoms with E-state index in [1.165, 1.54) is 6.20 Å². The summed E-state index contributed by atoms with van der Waals surface area (Å²) < 4.78 is 0. The Morgan fingerprint density at radius 3 is 2.12 bits per heavy atom. The Bertz CT molecular complexity index is 1150. The van der Waals surface area contributed by atoms with E-state index in [1.807, 2.05) is 26.0 Å². The normalized spacial score (nSPS) is 18.2. The van der Waals surface area contributed by atoms with Gasteiger partial charge in [-0.15, -0.1) is 5.92 Å². The van der Waals surface area contributed by atoms with Crippen molar-refractivity contribution in [2.45, 2.75) is 59.3 Å². The van der Waals surface area contributed by atoms with Gasteiger partial charge in [-0.25, -0.2) is 4.98 Å². The van der Waals surface area contributed by atoms with Crippen molar-refractivity contribution in [2.75, 3.05) is 13.1 Å². The Labute approximate surface area is 194 Å². The van der Waals surface area contributed by atoms with Crippen LogP contribution in [0.1, 0.15) is 77.0 Å².